The van der Waals surface area contributed by atoms with E-state index in [1.807, 2.05) is 66.7 Å². The number of fused-ring (bicyclic) bond motifs is 3. The van der Waals surface area contributed by atoms with Crippen molar-refractivity contribution in [1.82, 2.24) is 5.01 Å². The second-order valence-corrected chi connectivity index (χ2v) is 10.0. The highest BCUT2D eigenvalue weighted by molar-refractivity contribution is 9.10. The van der Waals surface area contributed by atoms with E-state index in [0.29, 0.717) is 6.61 Å². The largest absolute Gasteiger partial charge is 0.489 e. The van der Waals surface area contributed by atoms with Gasteiger partial charge in [-0.1, -0.05) is 70.0 Å². The number of nitrogens with zero attached hydrogens (tertiary/aromatic N) is 2. The van der Waals surface area contributed by atoms with Crippen molar-refractivity contribution in [3.63, 3.8) is 0 Å². The van der Waals surface area contributed by atoms with Crippen molar-refractivity contribution in [1.29, 1.82) is 0 Å². The standard InChI is InChI=1S/C29H22BrClN2O2/c30-22-10-15-28-25(16-22)27-17-26(20-6-11-23(31)12-7-20)32-33(27)29(35-28)21-8-13-24(14-9-21)34-18-19-4-2-1-3-5-19/h1-16,27,29H,17-18H2. The minimum Gasteiger partial charge on any atom is -0.489 e. The molecule has 2 aliphatic heterocycles. The predicted octanol–water partition coefficient (Wildman–Crippen LogP) is 7.92. The van der Waals surface area contributed by atoms with Crippen LogP contribution in [0.1, 0.15) is 40.9 Å². The Labute approximate surface area is 217 Å². The summed E-state index contributed by atoms with van der Waals surface area (Å²) in [4.78, 5) is 0. The van der Waals surface area contributed by atoms with Gasteiger partial charge in [0.2, 0.25) is 6.23 Å². The fourth-order valence-corrected chi connectivity index (χ4v) is 5.07. The highest BCUT2D eigenvalue weighted by Gasteiger charge is 2.41. The van der Waals surface area contributed by atoms with Crippen molar-refractivity contribution in [2.75, 3.05) is 0 Å². The smallest absolute Gasteiger partial charge is 0.213 e. The number of hydrogen-bond acceptors (Lipinski definition) is 4. The summed E-state index contributed by atoms with van der Waals surface area (Å²) in [6.45, 7) is 0.533. The summed E-state index contributed by atoms with van der Waals surface area (Å²) in [6.07, 6.45) is 0.463. The van der Waals surface area contributed by atoms with Gasteiger partial charge < -0.3 is 9.47 Å². The Balaban J connectivity index is 1.29. The lowest BCUT2D eigenvalue weighted by atomic mass is 9.96. The zero-order valence-electron chi connectivity index (χ0n) is 18.8. The van der Waals surface area contributed by atoms with Crippen molar-refractivity contribution in [2.24, 2.45) is 5.10 Å². The average Bonchev–Trinajstić information content (AvgIpc) is 3.34. The van der Waals surface area contributed by atoms with E-state index in [1.165, 1.54) is 0 Å². The van der Waals surface area contributed by atoms with E-state index in [-0.39, 0.29) is 12.3 Å². The molecule has 0 amide bonds. The first-order valence-electron chi connectivity index (χ1n) is 11.5. The first-order chi connectivity index (χ1) is 17.1. The van der Waals surface area contributed by atoms with Crippen LogP contribution in [-0.2, 0) is 6.61 Å². The van der Waals surface area contributed by atoms with Crippen LogP contribution in [0.2, 0.25) is 5.02 Å². The third-order valence-electron chi connectivity index (χ3n) is 6.34. The molecule has 0 fully saturated rings. The topological polar surface area (TPSA) is 34.1 Å². The number of ether oxygens (including phenoxy) is 2. The molecule has 0 spiro atoms. The summed E-state index contributed by atoms with van der Waals surface area (Å²) in [5.74, 6) is 1.71. The maximum atomic E-state index is 6.50. The third-order valence-corrected chi connectivity index (χ3v) is 7.09. The van der Waals surface area contributed by atoms with Crippen LogP contribution in [0, 0.1) is 0 Å². The third kappa shape index (κ3) is 4.54. The van der Waals surface area contributed by atoms with Gasteiger partial charge in [-0.05, 0) is 65.7 Å². The molecule has 0 saturated heterocycles. The molecule has 4 aromatic carbocycles. The quantitative estimate of drug-likeness (QED) is 0.255. The fourth-order valence-electron chi connectivity index (χ4n) is 4.56. The highest BCUT2D eigenvalue weighted by Crippen LogP contribution is 2.48. The van der Waals surface area contributed by atoms with E-state index in [0.717, 1.165) is 55.4 Å². The molecule has 35 heavy (non-hydrogen) atoms. The lowest BCUT2D eigenvalue weighted by Crippen LogP contribution is -2.33. The van der Waals surface area contributed by atoms with Gasteiger partial charge in [0.25, 0.3) is 0 Å². The first-order valence-corrected chi connectivity index (χ1v) is 12.7. The van der Waals surface area contributed by atoms with Crippen LogP contribution < -0.4 is 9.47 Å². The van der Waals surface area contributed by atoms with E-state index in [4.69, 9.17) is 26.2 Å². The molecule has 2 atom stereocenters. The molecule has 174 valence electrons. The Kier molecular flexibility index (Phi) is 5.96. The minimum atomic E-state index is -0.332. The van der Waals surface area contributed by atoms with Crippen LogP contribution in [0.4, 0.5) is 0 Å². The van der Waals surface area contributed by atoms with Crippen molar-refractivity contribution in [3.8, 4) is 11.5 Å². The number of halogens is 2. The molecular weight excluding hydrogens is 524 g/mol. The van der Waals surface area contributed by atoms with Gasteiger partial charge in [-0.3, -0.25) is 0 Å². The number of benzene rings is 4. The van der Waals surface area contributed by atoms with Crippen LogP contribution in [0.25, 0.3) is 0 Å². The summed E-state index contributed by atoms with van der Waals surface area (Å²) in [7, 11) is 0. The second kappa shape index (κ2) is 9.40. The fraction of sp³-hybridized carbons (Fsp3) is 0.138. The zero-order valence-corrected chi connectivity index (χ0v) is 21.1. The van der Waals surface area contributed by atoms with Gasteiger partial charge in [-0.2, -0.15) is 5.10 Å². The van der Waals surface area contributed by atoms with E-state index < -0.39 is 0 Å². The van der Waals surface area contributed by atoms with Gasteiger partial charge in [0, 0.05) is 27.0 Å². The number of hydrazone groups is 1. The van der Waals surface area contributed by atoms with Crippen molar-refractivity contribution in [2.45, 2.75) is 25.3 Å². The minimum absolute atomic E-state index is 0.0842. The molecule has 2 heterocycles. The van der Waals surface area contributed by atoms with Gasteiger partial charge in [0.1, 0.15) is 18.1 Å². The first kappa shape index (κ1) is 22.2. The van der Waals surface area contributed by atoms with Crippen molar-refractivity contribution >= 4 is 33.2 Å². The molecule has 2 unspecified atom stereocenters. The van der Waals surface area contributed by atoms with E-state index >= 15 is 0 Å². The van der Waals surface area contributed by atoms with Crippen LogP contribution in [-0.4, -0.2) is 10.7 Å². The Morgan fingerprint density at radius 3 is 2.49 bits per heavy atom. The summed E-state index contributed by atoms with van der Waals surface area (Å²) >= 11 is 9.73. The molecule has 2 aliphatic rings. The molecular formula is C29H22BrClN2O2. The Bertz CT molecular complexity index is 1370. The van der Waals surface area contributed by atoms with Gasteiger partial charge in [0.05, 0.1) is 11.8 Å². The van der Waals surface area contributed by atoms with E-state index in [9.17, 15) is 0 Å². The summed E-state index contributed by atoms with van der Waals surface area (Å²) in [6, 6.07) is 32.4. The average molecular weight is 546 g/mol. The Morgan fingerprint density at radius 1 is 0.943 bits per heavy atom. The lowest BCUT2D eigenvalue weighted by molar-refractivity contribution is -0.0191. The predicted molar refractivity (Wildman–Crippen MR) is 142 cm³/mol. The van der Waals surface area contributed by atoms with Crippen molar-refractivity contribution < 1.29 is 9.47 Å². The Morgan fingerprint density at radius 2 is 1.71 bits per heavy atom. The molecule has 4 nitrogen and oxygen atoms in total. The Hall–Kier alpha value is -3.28. The number of rotatable bonds is 5. The van der Waals surface area contributed by atoms with E-state index in [1.54, 1.807) is 0 Å². The molecule has 0 radical (unpaired) electrons. The second-order valence-electron chi connectivity index (χ2n) is 8.65. The summed E-state index contributed by atoms with van der Waals surface area (Å²) in [5.41, 5.74) is 5.39. The van der Waals surface area contributed by atoms with Crippen LogP contribution in [0.5, 0.6) is 11.5 Å². The van der Waals surface area contributed by atoms with Crippen LogP contribution in [0.3, 0.4) is 0 Å². The molecule has 0 bridgehead atoms. The SMILES string of the molecule is Clc1ccc(C2=NN3C(C2)c2cc(Br)ccc2OC3c2ccc(OCc3ccccc3)cc2)cc1. The number of hydrogen-bond donors (Lipinski definition) is 0. The van der Waals surface area contributed by atoms with Gasteiger partial charge in [-0.15, -0.1) is 0 Å². The van der Waals surface area contributed by atoms with Crippen LogP contribution in [0.15, 0.2) is 107 Å². The molecule has 0 saturated carbocycles. The monoisotopic (exact) mass is 544 g/mol. The lowest BCUT2D eigenvalue weighted by Gasteiger charge is -2.38. The zero-order chi connectivity index (χ0) is 23.8. The molecule has 4 aromatic rings. The molecule has 0 aromatic heterocycles. The maximum absolute atomic E-state index is 6.50. The summed E-state index contributed by atoms with van der Waals surface area (Å²) in [5, 5.41) is 7.83. The molecule has 6 heteroatoms. The van der Waals surface area contributed by atoms with Gasteiger partial charge >= 0.3 is 0 Å². The van der Waals surface area contributed by atoms with Gasteiger partial charge in [0.15, 0.2) is 0 Å². The summed E-state index contributed by atoms with van der Waals surface area (Å²) < 4.78 is 13.5. The van der Waals surface area contributed by atoms with Crippen molar-refractivity contribution in [3.05, 3.63) is 129 Å². The highest BCUT2D eigenvalue weighted by atomic mass is 79.9. The molecule has 0 N–H and O–H groups in total. The van der Waals surface area contributed by atoms with Gasteiger partial charge in [-0.25, -0.2) is 5.01 Å². The molecule has 6 rings (SSSR count). The van der Waals surface area contributed by atoms with E-state index in [2.05, 4.69) is 51.3 Å². The maximum Gasteiger partial charge on any atom is 0.213 e. The van der Waals surface area contributed by atoms with Crippen LogP contribution >= 0.6 is 27.5 Å². The molecule has 0 aliphatic carbocycles. The normalized spacial score (nSPS) is 18.3.